The number of aromatic nitrogens is 3. The summed E-state index contributed by atoms with van der Waals surface area (Å²) in [5, 5.41) is 3.17. The summed E-state index contributed by atoms with van der Waals surface area (Å²) in [6.45, 7) is 0.784. The summed E-state index contributed by atoms with van der Waals surface area (Å²) in [6.07, 6.45) is 3.43. The third-order valence-corrected chi connectivity index (χ3v) is 2.58. The van der Waals surface area contributed by atoms with Crippen LogP contribution < -0.4 is 10.2 Å². The summed E-state index contributed by atoms with van der Waals surface area (Å²) in [4.78, 5) is 13.5. The van der Waals surface area contributed by atoms with Crippen LogP contribution in [0.25, 0.3) is 0 Å². The Morgan fingerprint density at radius 3 is 3.06 bits per heavy atom. The molecule has 2 aromatic heterocycles. The molecule has 17 heavy (non-hydrogen) atoms. The van der Waals surface area contributed by atoms with E-state index in [-0.39, 0.29) is 0 Å². The summed E-state index contributed by atoms with van der Waals surface area (Å²) in [5.41, 5.74) is 0. The van der Waals surface area contributed by atoms with E-state index in [9.17, 15) is 0 Å². The highest BCUT2D eigenvalue weighted by atomic mass is 32.1. The van der Waals surface area contributed by atoms with Crippen LogP contribution in [0.2, 0.25) is 0 Å². The molecule has 0 aliphatic carbocycles. The zero-order valence-electron chi connectivity index (χ0n) is 9.59. The summed E-state index contributed by atoms with van der Waals surface area (Å²) >= 11 is 4.14. The van der Waals surface area contributed by atoms with Crippen molar-refractivity contribution < 1.29 is 0 Å². The van der Waals surface area contributed by atoms with Crippen LogP contribution in [-0.4, -0.2) is 34.3 Å². The molecule has 2 rings (SSSR count). The number of thiol groups is 1. The molecule has 0 bridgehead atoms. The van der Waals surface area contributed by atoms with E-state index in [1.54, 1.807) is 6.33 Å². The Hall–Kier alpha value is -1.69. The van der Waals surface area contributed by atoms with Crippen LogP contribution >= 0.6 is 12.6 Å². The van der Waals surface area contributed by atoms with E-state index in [2.05, 4.69) is 32.9 Å². The molecule has 0 unspecified atom stereocenters. The van der Waals surface area contributed by atoms with Crippen LogP contribution in [0.15, 0.2) is 30.7 Å². The first-order valence-corrected chi connectivity index (χ1v) is 5.98. The minimum Gasteiger partial charge on any atom is -0.369 e. The minimum atomic E-state index is 0.770. The molecule has 0 amide bonds. The van der Waals surface area contributed by atoms with Gasteiger partial charge in [-0.3, -0.25) is 0 Å². The van der Waals surface area contributed by atoms with E-state index in [1.165, 1.54) is 0 Å². The van der Waals surface area contributed by atoms with Gasteiger partial charge in [0, 0.05) is 31.6 Å². The Labute approximate surface area is 106 Å². The highest BCUT2D eigenvalue weighted by Crippen LogP contribution is 2.20. The van der Waals surface area contributed by atoms with Gasteiger partial charge in [0.1, 0.15) is 23.8 Å². The summed E-state index contributed by atoms with van der Waals surface area (Å²) in [6, 6.07) is 5.85. The molecule has 90 valence electrons. The molecule has 2 heterocycles. The number of aromatic amines is 1. The van der Waals surface area contributed by atoms with Crippen molar-refractivity contribution in [1.29, 1.82) is 0 Å². The van der Waals surface area contributed by atoms with E-state index < -0.39 is 0 Å². The second-order valence-electron chi connectivity index (χ2n) is 3.53. The van der Waals surface area contributed by atoms with E-state index >= 15 is 0 Å². The predicted molar refractivity (Wildman–Crippen MR) is 73.2 cm³/mol. The van der Waals surface area contributed by atoms with E-state index in [0.717, 1.165) is 29.8 Å². The number of hydrogen-bond donors (Lipinski definition) is 3. The fourth-order valence-electron chi connectivity index (χ4n) is 1.46. The van der Waals surface area contributed by atoms with Gasteiger partial charge in [0.05, 0.1) is 0 Å². The normalized spacial score (nSPS) is 10.2. The summed E-state index contributed by atoms with van der Waals surface area (Å²) in [7, 11) is 1.95. The zero-order chi connectivity index (χ0) is 12.1. The van der Waals surface area contributed by atoms with Gasteiger partial charge in [-0.05, 0) is 12.1 Å². The topological polar surface area (TPSA) is 56.8 Å². The lowest BCUT2D eigenvalue weighted by Crippen LogP contribution is -2.13. The third-order valence-electron chi connectivity index (χ3n) is 2.36. The number of nitrogens with one attached hydrogen (secondary N) is 2. The van der Waals surface area contributed by atoms with Gasteiger partial charge in [0.15, 0.2) is 0 Å². The fourth-order valence-corrected chi connectivity index (χ4v) is 1.58. The molecule has 2 aromatic rings. The molecule has 0 aliphatic heterocycles. The molecular weight excluding hydrogens is 234 g/mol. The van der Waals surface area contributed by atoms with Gasteiger partial charge in [-0.15, -0.1) is 0 Å². The Balaban J connectivity index is 2.15. The van der Waals surface area contributed by atoms with Crippen LogP contribution in [0.1, 0.15) is 0 Å². The first-order valence-electron chi connectivity index (χ1n) is 5.35. The second kappa shape index (κ2) is 5.58. The van der Waals surface area contributed by atoms with Crippen molar-refractivity contribution in [2.45, 2.75) is 0 Å². The molecule has 0 saturated heterocycles. The molecule has 5 nitrogen and oxygen atoms in total. The van der Waals surface area contributed by atoms with Crippen LogP contribution in [0, 0.1) is 0 Å². The maximum Gasteiger partial charge on any atom is 0.139 e. The molecular formula is C11H15N5S. The molecule has 6 heteroatoms. The minimum absolute atomic E-state index is 0.770. The largest absolute Gasteiger partial charge is 0.369 e. The SMILES string of the molecule is CN(c1cc(NCCS)ncn1)c1ccc[nH]1. The number of H-pyrrole nitrogens is 1. The molecule has 0 atom stereocenters. The highest BCUT2D eigenvalue weighted by Gasteiger charge is 2.06. The average molecular weight is 249 g/mol. The van der Waals surface area contributed by atoms with Crippen LogP contribution in [0.4, 0.5) is 17.5 Å². The second-order valence-corrected chi connectivity index (χ2v) is 3.97. The Kier molecular flexibility index (Phi) is 3.87. The van der Waals surface area contributed by atoms with Crippen LogP contribution in [0.3, 0.4) is 0 Å². The van der Waals surface area contributed by atoms with E-state index in [1.807, 2.05) is 36.3 Å². The lowest BCUT2D eigenvalue weighted by atomic mass is 10.4. The maximum absolute atomic E-state index is 4.24. The molecule has 0 fully saturated rings. The standard InChI is InChI=1S/C11H15N5S/c1-16(10-3-2-4-13-10)11-7-9(12-5-6-17)14-8-15-11/h2-4,7-8,13,17H,5-6H2,1H3,(H,12,14,15). The maximum atomic E-state index is 4.24. The number of rotatable bonds is 5. The first kappa shape index (κ1) is 11.8. The molecule has 0 aliphatic rings. The van der Waals surface area contributed by atoms with Gasteiger partial charge < -0.3 is 15.2 Å². The van der Waals surface area contributed by atoms with Crippen molar-refractivity contribution in [3.63, 3.8) is 0 Å². The monoisotopic (exact) mass is 249 g/mol. The number of nitrogens with zero attached hydrogens (tertiary/aromatic N) is 3. The smallest absolute Gasteiger partial charge is 0.139 e. The molecule has 0 aromatic carbocycles. The highest BCUT2D eigenvalue weighted by molar-refractivity contribution is 7.80. The summed E-state index contributed by atoms with van der Waals surface area (Å²) in [5.74, 6) is 3.40. The lowest BCUT2D eigenvalue weighted by Gasteiger charge is -2.16. The van der Waals surface area contributed by atoms with E-state index in [0.29, 0.717) is 0 Å². The van der Waals surface area contributed by atoms with Crippen LogP contribution in [-0.2, 0) is 0 Å². The van der Waals surface area contributed by atoms with Gasteiger partial charge in [0.25, 0.3) is 0 Å². The van der Waals surface area contributed by atoms with Gasteiger partial charge in [-0.25, -0.2) is 9.97 Å². The van der Waals surface area contributed by atoms with Gasteiger partial charge in [-0.1, -0.05) is 0 Å². The average Bonchev–Trinajstić information content (AvgIpc) is 2.89. The van der Waals surface area contributed by atoms with Crippen molar-refractivity contribution in [3.8, 4) is 0 Å². The molecule has 0 spiro atoms. The Morgan fingerprint density at radius 1 is 1.47 bits per heavy atom. The van der Waals surface area contributed by atoms with Crippen molar-refractivity contribution in [3.05, 3.63) is 30.7 Å². The number of hydrogen-bond acceptors (Lipinski definition) is 5. The van der Waals surface area contributed by atoms with Crippen molar-refractivity contribution >= 4 is 30.1 Å². The Bertz CT molecular complexity index is 457. The van der Waals surface area contributed by atoms with Crippen LogP contribution in [0.5, 0.6) is 0 Å². The zero-order valence-corrected chi connectivity index (χ0v) is 10.5. The van der Waals surface area contributed by atoms with Crippen molar-refractivity contribution in [2.24, 2.45) is 0 Å². The van der Waals surface area contributed by atoms with Crippen molar-refractivity contribution in [2.75, 3.05) is 29.6 Å². The predicted octanol–water partition coefficient (Wildman–Crippen LogP) is 1.91. The van der Waals surface area contributed by atoms with Gasteiger partial charge in [0.2, 0.25) is 0 Å². The Morgan fingerprint density at radius 2 is 2.35 bits per heavy atom. The molecule has 2 N–H and O–H groups in total. The molecule has 0 radical (unpaired) electrons. The van der Waals surface area contributed by atoms with Gasteiger partial charge in [-0.2, -0.15) is 12.6 Å². The number of anilines is 3. The third kappa shape index (κ3) is 2.91. The van der Waals surface area contributed by atoms with E-state index in [4.69, 9.17) is 0 Å². The fraction of sp³-hybridized carbons (Fsp3) is 0.273. The van der Waals surface area contributed by atoms with Gasteiger partial charge >= 0.3 is 0 Å². The van der Waals surface area contributed by atoms with Crippen molar-refractivity contribution in [1.82, 2.24) is 15.0 Å². The quantitative estimate of drug-likeness (QED) is 0.709. The molecule has 0 saturated carbocycles. The lowest BCUT2D eigenvalue weighted by molar-refractivity contribution is 1.05. The first-order chi connectivity index (χ1) is 8.31. The summed E-state index contributed by atoms with van der Waals surface area (Å²) < 4.78 is 0.